The number of hydrogen-bond acceptors (Lipinski definition) is 5. The van der Waals surface area contributed by atoms with Gasteiger partial charge in [-0.05, 0) is 29.8 Å². The van der Waals surface area contributed by atoms with Crippen molar-refractivity contribution in [3.63, 3.8) is 0 Å². The fraction of sp³-hybridized carbons (Fsp3) is 0.261. The van der Waals surface area contributed by atoms with Gasteiger partial charge in [-0.3, -0.25) is 9.78 Å². The summed E-state index contributed by atoms with van der Waals surface area (Å²) in [6, 6.07) is 13.6. The highest BCUT2D eigenvalue weighted by atomic mass is 19.1. The third kappa shape index (κ3) is 4.63. The summed E-state index contributed by atoms with van der Waals surface area (Å²) in [6.07, 6.45) is 3.23. The maximum atomic E-state index is 13.1. The first-order chi connectivity index (χ1) is 14.6. The fourth-order valence-corrected chi connectivity index (χ4v) is 3.40. The minimum absolute atomic E-state index is 0.0215. The lowest BCUT2D eigenvalue weighted by atomic mass is 10.1. The van der Waals surface area contributed by atoms with Crippen LogP contribution in [0.1, 0.15) is 17.4 Å². The lowest BCUT2D eigenvalue weighted by molar-refractivity contribution is -0.138. The zero-order chi connectivity index (χ0) is 20.9. The summed E-state index contributed by atoms with van der Waals surface area (Å²) < 4.78 is 24.2. The van der Waals surface area contributed by atoms with Crippen molar-refractivity contribution in [2.75, 3.05) is 26.8 Å². The van der Waals surface area contributed by atoms with Crippen LogP contribution in [0, 0.1) is 5.82 Å². The van der Waals surface area contributed by atoms with Crippen LogP contribution < -0.4 is 4.74 Å². The van der Waals surface area contributed by atoms with E-state index in [4.69, 9.17) is 14.5 Å². The van der Waals surface area contributed by atoms with E-state index >= 15 is 0 Å². The molecule has 1 aromatic heterocycles. The molecule has 1 aliphatic rings. The van der Waals surface area contributed by atoms with E-state index in [1.54, 1.807) is 36.5 Å². The van der Waals surface area contributed by atoms with Gasteiger partial charge < -0.3 is 14.4 Å². The number of ether oxygens (including phenoxy) is 2. The molecule has 0 aliphatic carbocycles. The number of carbonyl (C=O) groups excluding carboxylic acids is 1. The molecule has 1 aliphatic heterocycles. The lowest BCUT2D eigenvalue weighted by Gasteiger charge is -2.32. The molecule has 2 heterocycles. The number of aromatic nitrogens is 2. The molecule has 1 amide bonds. The molecule has 6 nitrogen and oxygen atoms in total. The number of rotatable bonds is 5. The normalized spacial score (nSPS) is 16.3. The smallest absolute Gasteiger partial charge is 0.227 e. The number of halogens is 1. The third-order valence-corrected chi connectivity index (χ3v) is 5.04. The number of carbonyl (C=O) groups is 1. The van der Waals surface area contributed by atoms with Crippen molar-refractivity contribution >= 4 is 5.91 Å². The molecule has 154 valence electrons. The summed E-state index contributed by atoms with van der Waals surface area (Å²) in [4.78, 5) is 23.5. The maximum Gasteiger partial charge on any atom is 0.227 e. The van der Waals surface area contributed by atoms with E-state index in [0.29, 0.717) is 31.1 Å². The van der Waals surface area contributed by atoms with Gasteiger partial charge in [0.2, 0.25) is 5.91 Å². The minimum atomic E-state index is -0.353. The van der Waals surface area contributed by atoms with Crippen molar-refractivity contribution in [3.05, 3.63) is 78.0 Å². The second kappa shape index (κ2) is 9.00. The molecule has 0 bridgehead atoms. The number of amides is 1. The highest BCUT2D eigenvalue weighted by molar-refractivity contribution is 5.79. The Morgan fingerprint density at radius 2 is 2.07 bits per heavy atom. The van der Waals surface area contributed by atoms with Gasteiger partial charge in [-0.15, -0.1) is 0 Å². The molecule has 7 heteroatoms. The zero-order valence-electron chi connectivity index (χ0n) is 16.6. The molecular formula is C23H22FN3O3. The molecule has 0 spiro atoms. The van der Waals surface area contributed by atoms with Gasteiger partial charge in [-0.1, -0.05) is 24.3 Å². The van der Waals surface area contributed by atoms with Crippen LogP contribution in [0.4, 0.5) is 4.39 Å². The van der Waals surface area contributed by atoms with Crippen molar-refractivity contribution in [1.29, 1.82) is 0 Å². The van der Waals surface area contributed by atoms with E-state index in [1.165, 1.54) is 12.1 Å². The van der Waals surface area contributed by atoms with Gasteiger partial charge in [0.15, 0.2) is 0 Å². The number of nitrogens with zero attached hydrogens (tertiary/aromatic N) is 3. The molecular weight excluding hydrogens is 385 g/mol. The summed E-state index contributed by atoms with van der Waals surface area (Å²) in [5.41, 5.74) is 3.06. The molecule has 0 saturated carbocycles. The van der Waals surface area contributed by atoms with Gasteiger partial charge in [-0.2, -0.15) is 0 Å². The van der Waals surface area contributed by atoms with E-state index in [0.717, 1.165) is 16.9 Å². The van der Waals surface area contributed by atoms with Crippen LogP contribution in [0.25, 0.3) is 11.3 Å². The molecule has 4 rings (SSSR count). The van der Waals surface area contributed by atoms with Crippen LogP contribution >= 0.6 is 0 Å². The van der Waals surface area contributed by atoms with Crippen LogP contribution in [0.15, 0.2) is 60.9 Å². The van der Waals surface area contributed by atoms with E-state index in [2.05, 4.69) is 4.98 Å². The van der Waals surface area contributed by atoms with Crippen molar-refractivity contribution in [2.24, 2.45) is 0 Å². The average molecular weight is 407 g/mol. The van der Waals surface area contributed by atoms with Crippen LogP contribution in [0.5, 0.6) is 5.75 Å². The van der Waals surface area contributed by atoms with Gasteiger partial charge in [0, 0.05) is 12.1 Å². The Labute approximate surface area is 174 Å². The third-order valence-electron chi connectivity index (χ3n) is 5.04. The number of benzene rings is 2. The number of morpholine rings is 1. The average Bonchev–Trinajstić information content (AvgIpc) is 2.81. The van der Waals surface area contributed by atoms with Crippen molar-refractivity contribution in [2.45, 2.75) is 12.5 Å². The molecule has 3 aromatic rings. The molecule has 2 aromatic carbocycles. The van der Waals surface area contributed by atoms with E-state index in [1.807, 2.05) is 24.3 Å². The van der Waals surface area contributed by atoms with Gasteiger partial charge >= 0.3 is 0 Å². The van der Waals surface area contributed by atoms with Gasteiger partial charge in [0.05, 0.1) is 50.5 Å². The van der Waals surface area contributed by atoms with Crippen molar-refractivity contribution < 1.29 is 18.7 Å². The van der Waals surface area contributed by atoms with Crippen molar-refractivity contribution in [3.8, 4) is 17.0 Å². The Bertz CT molecular complexity index is 1030. The van der Waals surface area contributed by atoms with Gasteiger partial charge in [0.1, 0.15) is 17.7 Å². The molecule has 0 radical (unpaired) electrons. The fourth-order valence-electron chi connectivity index (χ4n) is 3.40. The number of hydrogen-bond donors (Lipinski definition) is 0. The largest absolute Gasteiger partial charge is 0.497 e. The van der Waals surface area contributed by atoms with E-state index < -0.39 is 0 Å². The summed E-state index contributed by atoms with van der Waals surface area (Å²) in [5.74, 6) is 0.408. The molecule has 1 fully saturated rings. The van der Waals surface area contributed by atoms with E-state index in [-0.39, 0.29) is 24.2 Å². The second-order valence-corrected chi connectivity index (χ2v) is 7.06. The van der Waals surface area contributed by atoms with Crippen LogP contribution in [-0.2, 0) is 16.0 Å². The summed E-state index contributed by atoms with van der Waals surface area (Å²) >= 11 is 0. The monoisotopic (exact) mass is 407 g/mol. The quantitative estimate of drug-likeness (QED) is 0.648. The molecule has 0 unspecified atom stereocenters. The maximum absolute atomic E-state index is 13.1. The van der Waals surface area contributed by atoms with Gasteiger partial charge in [0.25, 0.3) is 0 Å². The predicted molar refractivity (Wildman–Crippen MR) is 109 cm³/mol. The first kappa shape index (κ1) is 20.0. The first-order valence-corrected chi connectivity index (χ1v) is 9.72. The summed E-state index contributed by atoms with van der Waals surface area (Å²) in [6.45, 7) is 1.33. The SMILES string of the molecule is COc1cccc(-c2cncc([C@@H]3CN(C(=O)Cc4ccc(F)cc4)CCO3)n2)c1. The van der Waals surface area contributed by atoms with Gasteiger partial charge in [-0.25, -0.2) is 9.37 Å². The Balaban J connectivity index is 1.47. The second-order valence-electron chi connectivity index (χ2n) is 7.06. The predicted octanol–water partition coefficient (Wildman–Crippen LogP) is 3.43. The standard InChI is InChI=1S/C23H22FN3O3/c1-29-19-4-2-3-17(12-19)20-13-25-14-21(26-20)22-15-27(9-10-30-22)23(28)11-16-5-7-18(24)8-6-16/h2-8,12-14,22H,9-11,15H2,1H3/t22-/m0/s1. The topological polar surface area (TPSA) is 64.5 Å². The minimum Gasteiger partial charge on any atom is -0.497 e. The Morgan fingerprint density at radius 3 is 2.87 bits per heavy atom. The lowest BCUT2D eigenvalue weighted by Crippen LogP contribution is -2.43. The molecule has 1 atom stereocenters. The Kier molecular flexibility index (Phi) is 5.99. The Hall–Kier alpha value is -3.32. The van der Waals surface area contributed by atoms with E-state index in [9.17, 15) is 9.18 Å². The van der Waals surface area contributed by atoms with Crippen LogP contribution in [0.3, 0.4) is 0 Å². The number of methoxy groups -OCH3 is 1. The van der Waals surface area contributed by atoms with Crippen LogP contribution in [-0.4, -0.2) is 47.6 Å². The molecule has 30 heavy (non-hydrogen) atoms. The Morgan fingerprint density at radius 1 is 1.23 bits per heavy atom. The van der Waals surface area contributed by atoms with Crippen LogP contribution in [0.2, 0.25) is 0 Å². The molecule has 0 N–H and O–H groups in total. The van der Waals surface area contributed by atoms with Crippen molar-refractivity contribution in [1.82, 2.24) is 14.9 Å². The first-order valence-electron chi connectivity index (χ1n) is 9.72. The highest BCUT2D eigenvalue weighted by Crippen LogP contribution is 2.25. The molecule has 1 saturated heterocycles. The summed E-state index contributed by atoms with van der Waals surface area (Å²) in [5, 5.41) is 0. The zero-order valence-corrected chi connectivity index (χ0v) is 16.6. The highest BCUT2D eigenvalue weighted by Gasteiger charge is 2.27. The summed E-state index contributed by atoms with van der Waals surface area (Å²) in [7, 11) is 1.62.